The van der Waals surface area contributed by atoms with Gasteiger partial charge in [-0.2, -0.15) is 0 Å². The van der Waals surface area contributed by atoms with Gasteiger partial charge in [-0.1, -0.05) is 11.8 Å². The van der Waals surface area contributed by atoms with E-state index in [9.17, 15) is 9.59 Å². The minimum absolute atomic E-state index is 0.141. The van der Waals surface area contributed by atoms with Crippen molar-refractivity contribution in [3.8, 4) is 17.1 Å². The van der Waals surface area contributed by atoms with Crippen LogP contribution in [0.2, 0.25) is 0 Å². The molecule has 8 nitrogen and oxygen atoms in total. The Balaban J connectivity index is 1.68. The Labute approximate surface area is 143 Å². The summed E-state index contributed by atoms with van der Waals surface area (Å²) in [5.41, 5.74) is 0.905. The Kier molecular flexibility index (Phi) is 4.70. The molecule has 1 aromatic carbocycles. The minimum atomic E-state index is -0.336. The van der Waals surface area contributed by atoms with E-state index in [1.54, 1.807) is 7.11 Å². The monoisotopic (exact) mass is 347 g/mol. The van der Waals surface area contributed by atoms with Gasteiger partial charge < -0.3 is 14.6 Å². The lowest BCUT2D eigenvalue weighted by Gasteiger charge is -2.11. The first kappa shape index (κ1) is 16.3. The average molecular weight is 347 g/mol. The minimum Gasteiger partial charge on any atom is -0.497 e. The Morgan fingerprint density at radius 3 is 2.71 bits per heavy atom. The lowest BCUT2D eigenvalue weighted by atomic mass is 10.2. The van der Waals surface area contributed by atoms with E-state index in [1.165, 1.54) is 16.7 Å². The number of carbonyl (C=O) groups excluding carboxylic acids is 2. The third-order valence-electron chi connectivity index (χ3n) is 3.67. The van der Waals surface area contributed by atoms with E-state index in [1.807, 2.05) is 35.9 Å². The van der Waals surface area contributed by atoms with Crippen LogP contribution in [0, 0.1) is 0 Å². The predicted octanol–water partition coefficient (Wildman–Crippen LogP) is 1.13. The van der Waals surface area contributed by atoms with Gasteiger partial charge in [-0.25, -0.2) is 4.79 Å². The van der Waals surface area contributed by atoms with Crippen molar-refractivity contribution >= 4 is 23.7 Å². The molecule has 0 saturated carbocycles. The molecule has 3 rings (SSSR count). The molecule has 1 fully saturated rings. The van der Waals surface area contributed by atoms with E-state index in [4.69, 9.17) is 4.74 Å². The molecule has 126 valence electrons. The fourth-order valence-electron chi connectivity index (χ4n) is 2.35. The predicted molar refractivity (Wildman–Crippen MR) is 88.8 cm³/mol. The Morgan fingerprint density at radius 2 is 2.08 bits per heavy atom. The van der Waals surface area contributed by atoms with Crippen LogP contribution in [0.5, 0.6) is 5.75 Å². The molecule has 1 aromatic heterocycles. The molecular formula is C15H17N5O3S. The van der Waals surface area contributed by atoms with E-state index < -0.39 is 0 Å². The third-order valence-corrected chi connectivity index (χ3v) is 4.67. The fourth-order valence-corrected chi connectivity index (χ4v) is 3.13. The van der Waals surface area contributed by atoms with E-state index in [0.717, 1.165) is 11.3 Å². The zero-order valence-electron chi connectivity index (χ0n) is 13.4. The molecule has 0 bridgehead atoms. The Hall–Kier alpha value is -2.55. The van der Waals surface area contributed by atoms with Crippen molar-refractivity contribution < 1.29 is 14.3 Å². The van der Waals surface area contributed by atoms with Crippen LogP contribution in [-0.4, -0.2) is 57.6 Å². The summed E-state index contributed by atoms with van der Waals surface area (Å²) in [5, 5.41) is 11.5. The van der Waals surface area contributed by atoms with Gasteiger partial charge >= 0.3 is 6.03 Å². The average Bonchev–Trinajstić information content (AvgIpc) is 3.19. The number of ether oxygens (including phenoxy) is 1. The number of carbonyl (C=O) groups is 2. The maximum Gasteiger partial charge on any atom is 0.324 e. The van der Waals surface area contributed by atoms with Crippen LogP contribution in [-0.2, 0) is 11.8 Å². The second kappa shape index (κ2) is 6.91. The van der Waals surface area contributed by atoms with Crippen molar-refractivity contribution in [2.45, 2.75) is 5.16 Å². The largest absolute Gasteiger partial charge is 0.497 e. The first-order valence-corrected chi connectivity index (χ1v) is 8.33. The number of urea groups is 1. The highest BCUT2D eigenvalue weighted by molar-refractivity contribution is 7.99. The van der Waals surface area contributed by atoms with Gasteiger partial charge in [0.1, 0.15) is 5.75 Å². The van der Waals surface area contributed by atoms with Crippen LogP contribution in [0.4, 0.5) is 4.79 Å². The number of methoxy groups -OCH3 is 1. The van der Waals surface area contributed by atoms with Gasteiger partial charge in [0.2, 0.25) is 5.91 Å². The van der Waals surface area contributed by atoms with Crippen molar-refractivity contribution in [3.63, 3.8) is 0 Å². The van der Waals surface area contributed by atoms with Crippen LogP contribution in [0.3, 0.4) is 0 Å². The van der Waals surface area contributed by atoms with Gasteiger partial charge in [0, 0.05) is 25.7 Å². The summed E-state index contributed by atoms with van der Waals surface area (Å²) >= 11 is 1.26. The van der Waals surface area contributed by atoms with Crippen molar-refractivity contribution in [2.24, 2.45) is 7.05 Å². The Morgan fingerprint density at radius 1 is 1.33 bits per heavy atom. The highest BCUT2D eigenvalue weighted by Gasteiger charge is 2.26. The number of nitrogens with zero attached hydrogens (tertiary/aromatic N) is 4. The van der Waals surface area contributed by atoms with Crippen molar-refractivity contribution in [3.05, 3.63) is 24.3 Å². The molecule has 0 unspecified atom stereocenters. The number of rotatable bonds is 5. The summed E-state index contributed by atoms with van der Waals surface area (Å²) in [6.45, 7) is 0.912. The molecule has 2 aromatic rings. The molecular weight excluding hydrogens is 330 g/mol. The number of hydrogen-bond acceptors (Lipinski definition) is 6. The number of hydrogen-bond donors (Lipinski definition) is 1. The molecule has 0 spiro atoms. The van der Waals surface area contributed by atoms with E-state index in [0.29, 0.717) is 24.1 Å². The van der Waals surface area contributed by atoms with Gasteiger partial charge in [-0.05, 0) is 24.3 Å². The molecule has 0 aliphatic carbocycles. The Bertz CT molecular complexity index is 759. The summed E-state index contributed by atoms with van der Waals surface area (Å²) in [6.07, 6.45) is 0. The highest BCUT2D eigenvalue weighted by atomic mass is 32.2. The molecule has 0 atom stereocenters. The molecule has 1 N–H and O–H groups in total. The van der Waals surface area contributed by atoms with Crippen LogP contribution < -0.4 is 10.1 Å². The highest BCUT2D eigenvalue weighted by Crippen LogP contribution is 2.24. The number of nitrogens with one attached hydrogen (secondary N) is 1. The number of thioether (sulfide) groups is 1. The van der Waals surface area contributed by atoms with Gasteiger partial charge in [-0.3, -0.25) is 9.69 Å². The van der Waals surface area contributed by atoms with Crippen molar-refractivity contribution in [1.82, 2.24) is 25.0 Å². The number of aromatic nitrogens is 3. The maximum absolute atomic E-state index is 12.1. The molecule has 9 heteroatoms. The maximum atomic E-state index is 12.1. The number of imide groups is 1. The zero-order valence-corrected chi connectivity index (χ0v) is 14.2. The number of amides is 3. The zero-order chi connectivity index (χ0) is 17.1. The molecule has 1 saturated heterocycles. The van der Waals surface area contributed by atoms with Gasteiger partial charge in [0.25, 0.3) is 0 Å². The third kappa shape index (κ3) is 3.21. The lowest BCUT2D eigenvalue weighted by Crippen LogP contribution is -2.35. The van der Waals surface area contributed by atoms with Crippen molar-refractivity contribution in [1.29, 1.82) is 0 Å². The van der Waals surface area contributed by atoms with E-state index >= 15 is 0 Å². The first-order chi connectivity index (χ1) is 11.6. The molecule has 0 radical (unpaired) electrons. The lowest BCUT2D eigenvalue weighted by molar-refractivity contribution is -0.124. The van der Waals surface area contributed by atoms with E-state index in [2.05, 4.69) is 15.5 Å². The van der Waals surface area contributed by atoms with Crippen LogP contribution in [0.15, 0.2) is 29.4 Å². The topological polar surface area (TPSA) is 89.4 Å². The van der Waals surface area contributed by atoms with Crippen LogP contribution in [0.25, 0.3) is 11.4 Å². The van der Waals surface area contributed by atoms with Gasteiger partial charge in [-0.15, -0.1) is 10.2 Å². The summed E-state index contributed by atoms with van der Waals surface area (Å²) in [4.78, 5) is 24.8. The molecule has 24 heavy (non-hydrogen) atoms. The SMILES string of the molecule is COc1ccc(-c2nnc(SCC(=O)N3CCNC3=O)n2C)cc1. The van der Waals surface area contributed by atoms with Gasteiger partial charge in [0.05, 0.1) is 12.9 Å². The van der Waals surface area contributed by atoms with Crippen LogP contribution >= 0.6 is 11.8 Å². The van der Waals surface area contributed by atoms with Gasteiger partial charge in [0.15, 0.2) is 11.0 Å². The summed E-state index contributed by atoms with van der Waals surface area (Å²) < 4.78 is 6.96. The molecule has 1 aliphatic rings. The smallest absolute Gasteiger partial charge is 0.324 e. The normalized spacial score (nSPS) is 13.9. The molecule has 2 heterocycles. The molecule has 3 amide bonds. The summed E-state index contributed by atoms with van der Waals surface area (Å²) in [6, 6.07) is 7.17. The summed E-state index contributed by atoms with van der Waals surface area (Å²) in [5.74, 6) is 1.38. The van der Waals surface area contributed by atoms with Crippen molar-refractivity contribution in [2.75, 3.05) is 26.0 Å². The number of benzene rings is 1. The fraction of sp³-hybridized carbons (Fsp3) is 0.333. The molecule has 1 aliphatic heterocycles. The first-order valence-electron chi connectivity index (χ1n) is 7.35. The second-order valence-electron chi connectivity index (χ2n) is 5.16. The quantitative estimate of drug-likeness (QED) is 0.816. The summed E-state index contributed by atoms with van der Waals surface area (Å²) in [7, 11) is 3.46. The van der Waals surface area contributed by atoms with Crippen LogP contribution in [0.1, 0.15) is 0 Å². The standard InChI is InChI=1S/C15H17N5O3S/c1-19-13(10-3-5-11(23-2)6-4-10)17-18-15(19)24-9-12(21)20-8-7-16-14(20)22/h3-6H,7-9H2,1-2H3,(H,16,22). The van der Waals surface area contributed by atoms with E-state index in [-0.39, 0.29) is 17.7 Å². The second-order valence-corrected chi connectivity index (χ2v) is 6.10.